The Labute approximate surface area is 174 Å². The molecule has 0 saturated heterocycles. The highest BCUT2D eigenvalue weighted by molar-refractivity contribution is 7.93. The summed E-state index contributed by atoms with van der Waals surface area (Å²) in [6.45, 7) is 1.53. The number of thiocarbonyl (C=S) groups is 1. The Bertz CT molecular complexity index is 1220. The lowest BCUT2D eigenvalue weighted by atomic mass is 10.2. The first-order chi connectivity index (χ1) is 13.7. The van der Waals surface area contributed by atoms with E-state index < -0.39 is 15.6 Å². The van der Waals surface area contributed by atoms with E-state index in [-0.39, 0.29) is 32.2 Å². The van der Waals surface area contributed by atoms with Crippen molar-refractivity contribution in [3.05, 3.63) is 63.7 Å². The number of anilines is 2. The third-order valence-electron chi connectivity index (χ3n) is 3.47. The Morgan fingerprint density at radius 3 is 2.69 bits per heavy atom. The number of thiazole rings is 1. The van der Waals surface area contributed by atoms with Crippen LogP contribution in [0.3, 0.4) is 0 Å². The third-order valence-corrected chi connectivity index (χ3v) is 5.85. The van der Waals surface area contributed by atoms with Gasteiger partial charge in [0.25, 0.3) is 10.0 Å². The normalized spacial score (nSPS) is 11.5. The van der Waals surface area contributed by atoms with Crippen molar-refractivity contribution in [2.24, 2.45) is 4.99 Å². The maximum Gasteiger partial charge on any atom is 0.348 e. The molecule has 0 saturated carbocycles. The molecule has 12 heteroatoms. The molecule has 0 bridgehead atoms. The summed E-state index contributed by atoms with van der Waals surface area (Å²) in [5.41, 5.74) is -0.383. The van der Waals surface area contributed by atoms with Crippen LogP contribution in [0.15, 0.2) is 61.0 Å². The second-order valence-corrected chi connectivity index (χ2v) is 8.56. The number of hydrogen-bond acceptors (Lipinski definition) is 8. The summed E-state index contributed by atoms with van der Waals surface area (Å²) in [6.07, 6.45) is 2.59. The van der Waals surface area contributed by atoms with Crippen LogP contribution in [0, 0.1) is 6.92 Å². The summed E-state index contributed by atoms with van der Waals surface area (Å²) in [5.74, 6) is -0.00247. The Kier molecular flexibility index (Phi) is 6.06. The molecule has 3 aromatic rings. The van der Waals surface area contributed by atoms with Crippen molar-refractivity contribution < 1.29 is 17.9 Å². The summed E-state index contributed by atoms with van der Waals surface area (Å²) in [5, 5.41) is 14.5. The van der Waals surface area contributed by atoms with Crippen LogP contribution in [0.1, 0.15) is 11.3 Å². The largest absolute Gasteiger partial charge is 0.507 e. The highest BCUT2D eigenvalue weighted by Crippen LogP contribution is 2.19. The van der Waals surface area contributed by atoms with Crippen molar-refractivity contribution in [2.75, 3.05) is 10.0 Å². The molecule has 2 aromatic heterocycles. The van der Waals surface area contributed by atoms with Crippen LogP contribution >= 0.6 is 23.6 Å². The molecule has 150 valence electrons. The van der Waals surface area contributed by atoms with Gasteiger partial charge >= 0.3 is 5.63 Å². The van der Waals surface area contributed by atoms with Crippen molar-refractivity contribution in [1.82, 2.24) is 4.98 Å². The predicted octanol–water partition coefficient (Wildman–Crippen LogP) is 2.73. The number of rotatable bonds is 5. The van der Waals surface area contributed by atoms with Crippen LogP contribution in [0.5, 0.6) is 5.75 Å². The van der Waals surface area contributed by atoms with E-state index in [1.165, 1.54) is 54.8 Å². The fraction of sp³-hybridized carbons (Fsp3) is 0.0588. The van der Waals surface area contributed by atoms with Gasteiger partial charge in [-0.05, 0) is 43.4 Å². The van der Waals surface area contributed by atoms with Gasteiger partial charge < -0.3 is 14.8 Å². The van der Waals surface area contributed by atoms with Gasteiger partial charge in [-0.1, -0.05) is 0 Å². The van der Waals surface area contributed by atoms with E-state index in [1.807, 2.05) is 0 Å². The molecule has 0 spiro atoms. The third kappa shape index (κ3) is 5.25. The van der Waals surface area contributed by atoms with Gasteiger partial charge in [0.2, 0.25) is 0 Å². The molecule has 29 heavy (non-hydrogen) atoms. The molecule has 0 fully saturated rings. The average molecular weight is 451 g/mol. The maximum atomic E-state index is 12.3. The summed E-state index contributed by atoms with van der Waals surface area (Å²) in [7, 11) is -3.75. The van der Waals surface area contributed by atoms with Gasteiger partial charge in [-0.25, -0.2) is 23.2 Å². The molecule has 3 N–H and O–H groups in total. The van der Waals surface area contributed by atoms with E-state index >= 15 is 0 Å². The van der Waals surface area contributed by atoms with E-state index in [2.05, 4.69) is 20.0 Å². The highest BCUT2D eigenvalue weighted by atomic mass is 32.2. The number of benzene rings is 1. The standard InChI is InChI=1S/C17H14N4O5S3/c1-10-8-14(22)13(15(23)26-10)9-19-16(27)20-11-2-4-12(5-3-11)29(24,25)21-17-18-6-7-28-17/h2-9,22H,1H3,(H,18,21)(H,20,27)/b19-9+. The van der Waals surface area contributed by atoms with Crippen molar-refractivity contribution in [3.8, 4) is 5.75 Å². The van der Waals surface area contributed by atoms with Gasteiger partial charge in [0.05, 0.1) is 4.90 Å². The van der Waals surface area contributed by atoms with Crippen molar-refractivity contribution in [1.29, 1.82) is 0 Å². The van der Waals surface area contributed by atoms with Gasteiger partial charge in [-0.3, -0.25) is 4.72 Å². The zero-order valence-corrected chi connectivity index (χ0v) is 17.3. The number of aromatic hydroxyl groups is 1. The van der Waals surface area contributed by atoms with Gasteiger partial charge in [0.15, 0.2) is 10.2 Å². The Morgan fingerprint density at radius 1 is 1.34 bits per heavy atom. The van der Waals surface area contributed by atoms with Gasteiger partial charge in [0.1, 0.15) is 17.1 Å². The molecule has 1 aromatic carbocycles. The average Bonchev–Trinajstić information content (AvgIpc) is 3.13. The first-order valence-electron chi connectivity index (χ1n) is 7.96. The van der Waals surface area contributed by atoms with Crippen molar-refractivity contribution in [2.45, 2.75) is 11.8 Å². The zero-order valence-electron chi connectivity index (χ0n) is 14.8. The SMILES string of the molecule is Cc1cc(O)c(/C=N/C(=S)Nc2ccc(S(=O)(=O)Nc3nccs3)cc2)c(=O)o1. The van der Waals surface area contributed by atoms with Gasteiger partial charge in [-0.15, -0.1) is 11.3 Å². The molecule has 0 unspecified atom stereocenters. The minimum atomic E-state index is -3.75. The Hall–Kier alpha value is -3.09. The number of aryl methyl sites for hydroxylation is 1. The topological polar surface area (TPSA) is 134 Å². The molecule has 3 rings (SSSR count). The van der Waals surface area contributed by atoms with E-state index in [1.54, 1.807) is 5.38 Å². The minimum absolute atomic E-state index is 0.000827. The first kappa shape index (κ1) is 20.6. The van der Waals surface area contributed by atoms with Crippen LogP contribution < -0.4 is 15.7 Å². The summed E-state index contributed by atoms with van der Waals surface area (Å²) in [6, 6.07) is 7.10. The number of sulfonamides is 1. The second-order valence-electron chi connectivity index (χ2n) is 5.60. The predicted molar refractivity (Wildman–Crippen MR) is 115 cm³/mol. The van der Waals surface area contributed by atoms with E-state index in [0.29, 0.717) is 5.69 Å². The molecule has 0 atom stereocenters. The molecule has 0 aliphatic heterocycles. The van der Waals surface area contributed by atoms with E-state index in [9.17, 15) is 18.3 Å². The maximum absolute atomic E-state index is 12.3. The Balaban J connectivity index is 1.68. The molecule has 0 radical (unpaired) electrons. The fourth-order valence-electron chi connectivity index (χ4n) is 2.17. The van der Waals surface area contributed by atoms with Crippen molar-refractivity contribution >= 4 is 55.7 Å². The Morgan fingerprint density at radius 2 is 2.07 bits per heavy atom. The highest BCUT2D eigenvalue weighted by Gasteiger charge is 2.15. The summed E-state index contributed by atoms with van der Waals surface area (Å²) < 4.78 is 31.9. The van der Waals surface area contributed by atoms with Crippen molar-refractivity contribution in [3.63, 3.8) is 0 Å². The number of hydrogen-bond donors (Lipinski definition) is 3. The zero-order chi connectivity index (χ0) is 21.0. The molecular formula is C17H14N4O5S3. The van der Waals surface area contributed by atoms with Gasteiger partial charge in [0, 0.05) is 29.5 Å². The van der Waals surface area contributed by atoms with Crippen LogP contribution in [0.2, 0.25) is 0 Å². The molecule has 9 nitrogen and oxygen atoms in total. The number of nitrogens with one attached hydrogen (secondary N) is 2. The van der Waals surface area contributed by atoms with Crippen LogP contribution in [-0.2, 0) is 10.0 Å². The lowest BCUT2D eigenvalue weighted by Crippen LogP contribution is -2.13. The molecular weight excluding hydrogens is 436 g/mol. The van der Waals surface area contributed by atoms with Crippen LogP contribution in [0.4, 0.5) is 10.8 Å². The van der Waals surface area contributed by atoms with E-state index in [0.717, 1.165) is 6.21 Å². The monoisotopic (exact) mass is 450 g/mol. The fourth-order valence-corrected chi connectivity index (χ4v) is 4.13. The smallest absolute Gasteiger partial charge is 0.348 e. The molecule has 0 amide bonds. The first-order valence-corrected chi connectivity index (χ1v) is 10.7. The molecule has 0 aliphatic rings. The summed E-state index contributed by atoms with van der Waals surface area (Å²) >= 11 is 6.24. The molecule has 2 heterocycles. The number of nitrogens with zero attached hydrogens (tertiary/aromatic N) is 2. The minimum Gasteiger partial charge on any atom is -0.507 e. The number of aliphatic imine (C=N–C) groups is 1. The van der Waals surface area contributed by atoms with Gasteiger partial charge in [-0.2, -0.15) is 0 Å². The quantitative estimate of drug-likeness (QED) is 0.399. The second kappa shape index (κ2) is 8.51. The van der Waals surface area contributed by atoms with E-state index in [4.69, 9.17) is 16.6 Å². The lowest BCUT2D eigenvalue weighted by molar-refractivity contribution is 0.433. The number of aromatic nitrogens is 1. The lowest BCUT2D eigenvalue weighted by Gasteiger charge is -2.07. The molecule has 0 aliphatic carbocycles. The van der Waals surface area contributed by atoms with Crippen LogP contribution in [-0.4, -0.2) is 29.8 Å². The summed E-state index contributed by atoms with van der Waals surface area (Å²) in [4.78, 5) is 19.6. The van der Waals surface area contributed by atoms with Crippen LogP contribution in [0.25, 0.3) is 0 Å².